The number of methoxy groups -OCH3 is 4. The van der Waals surface area contributed by atoms with Crippen LogP contribution in [0.3, 0.4) is 0 Å². The minimum absolute atomic E-state index is 0.00833. The van der Waals surface area contributed by atoms with Crippen molar-refractivity contribution in [3.63, 3.8) is 0 Å². The minimum atomic E-state index is -4.22. The predicted octanol–water partition coefficient (Wildman–Crippen LogP) is 7.34. The summed E-state index contributed by atoms with van der Waals surface area (Å²) < 4.78 is 61.1. The summed E-state index contributed by atoms with van der Waals surface area (Å²) in [5, 5.41) is 0. The van der Waals surface area contributed by atoms with E-state index < -0.39 is 7.82 Å². The van der Waals surface area contributed by atoms with Crippen LogP contribution in [0.5, 0.6) is 28.7 Å². The Morgan fingerprint density at radius 3 is 1.81 bits per heavy atom. The Morgan fingerprint density at radius 1 is 0.667 bits per heavy atom. The van der Waals surface area contributed by atoms with Crippen molar-refractivity contribution in [2.75, 3.05) is 28.4 Å². The van der Waals surface area contributed by atoms with E-state index in [9.17, 15) is 4.57 Å². The first-order valence-corrected chi connectivity index (χ1v) is 14.7. The molecule has 220 valence electrons. The molecule has 0 atom stereocenters. The van der Waals surface area contributed by atoms with Gasteiger partial charge in [-0.1, -0.05) is 60.7 Å². The average molecular weight is 593 g/mol. The minimum Gasteiger partial charge on any atom is -0.493 e. The first kappa shape index (κ1) is 29.5. The topological polar surface area (TPSA) is 90.9 Å². The molecule has 0 aromatic heterocycles. The van der Waals surface area contributed by atoms with E-state index in [1.807, 2.05) is 72.8 Å². The summed E-state index contributed by atoms with van der Waals surface area (Å²) in [6.45, 7) is 0.402. The molecule has 0 unspecified atom stereocenters. The molecule has 9 nitrogen and oxygen atoms in total. The van der Waals surface area contributed by atoms with Gasteiger partial charge in [-0.15, -0.1) is 0 Å². The van der Waals surface area contributed by atoms with Gasteiger partial charge in [-0.3, -0.25) is 9.05 Å². The van der Waals surface area contributed by atoms with Gasteiger partial charge < -0.3 is 28.2 Å². The molecule has 0 saturated carbocycles. The fraction of sp³-hybridized carbons (Fsp3) is 0.250. The number of ether oxygens (including phenoxy) is 5. The third kappa shape index (κ3) is 6.25. The second-order valence-electron chi connectivity index (χ2n) is 9.35. The zero-order valence-electron chi connectivity index (χ0n) is 24.0. The fourth-order valence-electron chi connectivity index (χ4n) is 4.78. The molecule has 0 amide bonds. The van der Waals surface area contributed by atoms with E-state index >= 15 is 0 Å². The van der Waals surface area contributed by atoms with Gasteiger partial charge in [0, 0.05) is 11.1 Å². The molecule has 42 heavy (non-hydrogen) atoms. The molecular weight excluding hydrogens is 559 g/mol. The molecule has 0 N–H and O–H groups in total. The highest BCUT2D eigenvalue weighted by Crippen LogP contribution is 2.57. The van der Waals surface area contributed by atoms with Gasteiger partial charge in [0.05, 0.1) is 54.9 Å². The highest BCUT2D eigenvalue weighted by Gasteiger charge is 2.35. The summed E-state index contributed by atoms with van der Waals surface area (Å²) in [5.74, 6) is 1.95. The summed E-state index contributed by atoms with van der Waals surface area (Å²) in [5.41, 5.74) is 4.50. The molecule has 0 spiro atoms. The highest BCUT2D eigenvalue weighted by molar-refractivity contribution is 7.48. The number of phosphoric acid groups is 1. The summed E-state index contributed by atoms with van der Waals surface area (Å²) in [6.07, 6.45) is 0. The maximum Gasteiger partial charge on any atom is 0.530 e. The lowest BCUT2D eigenvalue weighted by Crippen LogP contribution is -2.07. The summed E-state index contributed by atoms with van der Waals surface area (Å²) >= 11 is 0. The second kappa shape index (κ2) is 13.3. The third-order valence-electron chi connectivity index (χ3n) is 6.80. The molecule has 0 fully saturated rings. The monoisotopic (exact) mass is 592 g/mol. The van der Waals surface area contributed by atoms with Gasteiger partial charge in [-0.05, 0) is 40.5 Å². The molecule has 0 bridgehead atoms. The molecule has 1 heterocycles. The first-order valence-electron chi connectivity index (χ1n) is 13.3. The number of benzene rings is 4. The maximum absolute atomic E-state index is 14.3. The molecule has 1 aliphatic rings. The van der Waals surface area contributed by atoms with Crippen molar-refractivity contribution in [1.29, 1.82) is 0 Å². The molecule has 1 aliphatic heterocycles. The highest BCUT2D eigenvalue weighted by atomic mass is 31.2. The van der Waals surface area contributed by atoms with Crippen molar-refractivity contribution in [2.24, 2.45) is 0 Å². The van der Waals surface area contributed by atoms with Gasteiger partial charge in [0.15, 0.2) is 23.0 Å². The van der Waals surface area contributed by atoms with Crippen LogP contribution in [-0.2, 0) is 44.8 Å². The Balaban J connectivity index is 1.59. The van der Waals surface area contributed by atoms with E-state index in [1.165, 1.54) is 7.11 Å². The van der Waals surface area contributed by atoms with Crippen molar-refractivity contribution >= 4 is 7.82 Å². The summed E-state index contributed by atoms with van der Waals surface area (Å²) in [7, 11) is 1.97. The molecule has 4 aromatic rings. The van der Waals surface area contributed by atoms with E-state index in [2.05, 4.69) is 0 Å². The number of phosphoric ester groups is 1. The van der Waals surface area contributed by atoms with Crippen LogP contribution in [-0.4, -0.2) is 28.4 Å². The van der Waals surface area contributed by atoms with Crippen molar-refractivity contribution in [3.05, 3.63) is 101 Å². The van der Waals surface area contributed by atoms with Crippen LogP contribution < -0.4 is 23.5 Å². The summed E-state index contributed by atoms with van der Waals surface area (Å²) in [6, 6.07) is 24.2. The van der Waals surface area contributed by atoms with Crippen LogP contribution in [0, 0.1) is 0 Å². The van der Waals surface area contributed by atoms with Gasteiger partial charge in [-0.2, -0.15) is 0 Å². The van der Waals surface area contributed by atoms with Crippen LogP contribution in [0.25, 0.3) is 11.1 Å². The Kier molecular flexibility index (Phi) is 9.35. The Hall–Kier alpha value is -4.01. The number of fused-ring (bicyclic) bond motifs is 3. The zero-order chi connectivity index (χ0) is 29.5. The zero-order valence-corrected chi connectivity index (χ0v) is 24.8. The van der Waals surface area contributed by atoms with Crippen LogP contribution in [0.1, 0.15) is 22.3 Å². The standard InChI is InChI=1S/C32H33O9P/c1-34-27-16-15-25-26(21-38-20-24-17-28(35-2)31(36-3)32(37-4)29(24)25)30(27)41-42(33,39-18-22-11-7-5-8-12-22)40-19-23-13-9-6-10-14-23/h5-17H,18-21H2,1-4H3. The molecule has 4 aromatic carbocycles. The molecular formula is C32H33O9P. The van der Waals surface area contributed by atoms with Gasteiger partial charge >= 0.3 is 7.82 Å². The van der Waals surface area contributed by atoms with Crippen LogP contribution >= 0.6 is 7.82 Å². The first-order chi connectivity index (χ1) is 20.5. The van der Waals surface area contributed by atoms with E-state index in [1.54, 1.807) is 27.4 Å². The molecule has 0 radical (unpaired) electrons. The van der Waals surface area contributed by atoms with E-state index in [0.29, 0.717) is 28.6 Å². The Labute approximate surface area is 245 Å². The molecule has 5 rings (SSSR count). The lowest BCUT2D eigenvalue weighted by molar-refractivity contribution is 0.106. The normalized spacial score (nSPS) is 12.5. The largest absolute Gasteiger partial charge is 0.530 e. The average Bonchev–Trinajstić information content (AvgIpc) is 3.22. The number of hydrogen-bond acceptors (Lipinski definition) is 9. The summed E-state index contributed by atoms with van der Waals surface area (Å²) in [4.78, 5) is 0. The van der Waals surface area contributed by atoms with Gasteiger partial charge in [0.25, 0.3) is 0 Å². The van der Waals surface area contributed by atoms with Gasteiger partial charge in [0.2, 0.25) is 5.75 Å². The van der Waals surface area contributed by atoms with Crippen molar-refractivity contribution in [3.8, 4) is 39.9 Å². The van der Waals surface area contributed by atoms with Crippen molar-refractivity contribution in [2.45, 2.75) is 26.4 Å². The van der Waals surface area contributed by atoms with Crippen LogP contribution in [0.2, 0.25) is 0 Å². The fourth-order valence-corrected chi connectivity index (χ4v) is 6.00. The van der Waals surface area contributed by atoms with E-state index in [0.717, 1.165) is 27.8 Å². The van der Waals surface area contributed by atoms with Crippen LogP contribution in [0.15, 0.2) is 78.9 Å². The molecule has 0 aliphatic carbocycles. The lowest BCUT2D eigenvalue weighted by atomic mass is 9.94. The third-order valence-corrected chi connectivity index (χ3v) is 8.09. The smallest absolute Gasteiger partial charge is 0.493 e. The van der Waals surface area contributed by atoms with Gasteiger partial charge in [0.1, 0.15) is 0 Å². The Morgan fingerprint density at radius 2 is 1.26 bits per heavy atom. The van der Waals surface area contributed by atoms with Gasteiger partial charge in [-0.25, -0.2) is 4.57 Å². The van der Waals surface area contributed by atoms with Crippen LogP contribution in [0.4, 0.5) is 0 Å². The maximum atomic E-state index is 14.3. The SMILES string of the molecule is COc1ccc2c(c1OP(=O)(OCc1ccccc1)OCc1ccccc1)COCc1cc(OC)c(OC)c(OC)c1-2. The van der Waals surface area contributed by atoms with Crippen molar-refractivity contribution < 1.29 is 41.8 Å². The quantitative estimate of drug-likeness (QED) is 0.157. The number of hydrogen-bond donors (Lipinski definition) is 0. The second-order valence-corrected chi connectivity index (χ2v) is 10.9. The van der Waals surface area contributed by atoms with E-state index in [-0.39, 0.29) is 32.2 Å². The molecule has 0 saturated heterocycles. The predicted molar refractivity (Wildman–Crippen MR) is 157 cm³/mol. The lowest BCUT2D eigenvalue weighted by Gasteiger charge is -2.23. The Bertz CT molecular complexity index is 1510. The number of rotatable bonds is 12. The van der Waals surface area contributed by atoms with E-state index in [4.69, 9.17) is 37.3 Å². The van der Waals surface area contributed by atoms with Crippen molar-refractivity contribution in [1.82, 2.24) is 0 Å². The molecule has 10 heteroatoms.